The molecule has 0 amide bonds. The second-order valence-electron chi connectivity index (χ2n) is 5.34. The van der Waals surface area contributed by atoms with Gasteiger partial charge in [-0.15, -0.1) is 0 Å². The van der Waals surface area contributed by atoms with Crippen LogP contribution in [0.2, 0.25) is 0 Å². The van der Waals surface area contributed by atoms with Crippen LogP contribution in [0.25, 0.3) is 32.7 Å². The van der Waals surface area contributed by atoms with Gasteiger partial charge in [-0.05, 0) is 19.1 Å². The van der Waals surface area contributed by atoms with E-state index in [1.165, 1.54) is 0 Å². The summed E-state index contributed by atoms with van der Waals surface area (Å²) < 4.78 is 11.0. The van der Waals surface area contributed by atoms with E-state index in [1.807, 2.05) is 37.3 Å². The molecular formula is C17H12N2O2. The van der Waals surface area contributed by atoms with Gasteiger partial charge in [0.05, 0.1) is 16.6 Å². The monoisotopic (exact) mass is 276 g/mol. The third-order valence-corrected chi connectivity index (χ3v) is 4.12. The predicted octanol–water partition coefficient (Wildman–Crippen LogP) is 3.91. The van der Waals surface area contributed by atoms with Crippen LogP contribution in [0.5, 0.6) is 11.5 Å². The first-order valence-corrected chi connectivity index (χ1v) is 6.91. The molecule has 2 aromatic carbocycles. The van der Waals surface area contributed by atoms with Crippen LogP contribution < -0.4 is 9.47 Å². The van der Waals surface area contributed by atoms with Crippen LogP contribution in [0, 0.1) is 6.92 Å². The molecule has 0 saturated heterocycles. The highest BCUT2D eigenvalue weighted by Crippen LogP contribution is 2.40. The topological polar surface area (TPSA) is 47.1 Å². The van der Waals surface area contributed by atoms with Gasteiger partial charge in [0.15, 0.2) is 11.5 Å². The Kier molecular flexibility index (Phi) is 1.91. The number of ether oxygens (including phenoxy) is 2. The van der Waals surface area contributed by atoms with Crippen LogP contribution >= 0.6 is 0 Å². The molecule has 1 N–H and O–H groups in total. The molecule has 4 aromatic rings. The maximum atomic E-state index is 5.50. The SMILES string of the molecule is Cc1nc2ccccc2c2[nH]c3cc4c(cc3c12)OCO4. The van der Waals surface area contributed by atoms with E-state index in [-0.39, 0.29) is 0 Å². The van der Waals surface area contributed by atoms with Crippen molar-refractivity contribution in [2.45, 2.75) is 6.92 Å². The summed E-state index contributed by atoms with van der Waals surface area (Å²) >= 11 is 0. The van der Waals surface area contributed by atoms with Crippen molar-refractivity contribution >= 4 is 32.7 Å². The Morgan fingerprint density at radius 3 is 2.76 bits per heavy atom. The summed E-state index contributed by atoms with van der Waals surface area (Å²) in [5.41, 5.74) is 4.20. The number of nitrogens with zero attached hydrogens (tertiary/aromatic N) is 1. The molecule has 21 heavy (non-hydrogen) atoms. The van der Waals surface area contributed by atoms with Crippen molar-refractivity contribution in [2.75, 3.05) is 6.79 Å². The summed E-state index contributed by atoms with van der Waals surface area (Å²) in [5, 5.41) is 3.42. The van der Waals surface area contributed by atoms with Crippen molar-refractivity contribution in [1.82, 2.24) is 9.97 Å². The second-order valence-corrected chi connectivity index (χ2v) is 5.34. The Bertz CT molecular complexity index is 1030. The van der Waals surface area contributed by atoms with Gasteiger partial charge in [0, 0.05) is 27.9 Å². The molecule has 0 saturated carbocycles. The number of pyridine rings is 1. The Hall–Kier alpha value is -2.75. The second kappa shape index (κ2) is 3.67. The number of aromatic amines is 1. The van der Waals surface area contributed by atoms with Crippen LogP contribution in [0.1, 0.15) is 5.69 Å². The highest BCUT2D eigenvalue weighted by atomic mass is 16.7. The lowest BCUT2D eigenvalue weighted by atomic mass is 10.1. The molecule has 0 aliphatic carbocycles. The number of para-hydroxylation sites is 1. The van der Waals surface area contributed by atoms with Crippen molar-refractivity contribution in [2.24, 2.45) is 0 Å². The minimum Gasteiger partial charge on any atom is -0.454 e. The van der Waals surface area contributed by atoms with E-state index in [4.69, 9.17) is 14.5 Å². The highest BCUT2D eigenvalue weighted by molar-refractivity contribution is 6.17. The summed E-state index contributed by atoms with van der Waals surface area (Å²) in [6.07, 6.45) is 0. The first kappa shape index (κ1) is 11.0. The zero-order chi connectivity index (χ0) is 14.0. The van der Waals surface area contributed by atoms with Gasteiger partial charge < -0.3 is 14.5 Å². The van der Waals surface area contributed by atoms with Gasteiger partial charge >= 0.3 is 0 Å². The maximum Gasteiger partial charge on any atom is 0.231 e. The molecule has 0 bridgehead atoms. The average Bonchev–Trinajstić information content (AvgIpc) is 3.08. The van der Waals surface area contributed by atoms with E-state index in [0.717, 1.165) is 49.9 Å². The van der Waals surface area contributed by atoms with Gasteiger partial charge in [-0.25, -0.2) is 0 Å². The summed E-state index contributed by atoms with van der Waals surface area (Å²) in [7, 11) is 0. The van der Waals surface area contributed by atoms with Crippen LogP contribution in [-0.4, -0.2) is 16.8 Å². The summed E-state index contributed by atoms with van der Waals surface area (Å²) in [6, 6.07) is 12.2. The lowest BCUT2D eigenvalue weighted by Crippen LogP contribution is -1.92. The van der Waals surface area contributed by atoms with Gasteiger partial charge in [0.1, 0.15) is 0 Å². The van der Waals surface area contributed by atoms with Crippen molar-refractivity contribution in [3.05, 3.63) is 42.1 Å². The first-order valence-electron chi connectivity index (χ1n) is 6.91. The number of hydrogen-bond acceptors (Lipinski definition) is 3. The van der Waals surface area contributed by atoms with E-state index in [2.05, 4.69) is 11.1 Å². The van der Waals surface area contributed by atoms with Gasteiger partial charge in [-0.3, -0.25) is 4.98 Å². The minimum atomic E-state index is 0.292. The Balaban J connectivity index is 2.03. The quantitative estimate of drug-likeness (QED) is 0.529. The van der Waals surface area contributed by atoms with Gasteiger partial charge in [0.25, 0.3) is 0 Å². The predicted molar refractivity (Wildman–Crippen MR) is 82.0 cm³/mol. The molecule has 4 heteroatoms. The number of aryl methyl sites for hydroxylation is 1. The standard InChI is InChI=1S/C17H12N2O2/c1-9-16-11-6-14-15(21-8-20-14)7-13(11)19-17(16)10-4-2-3-5-12(10)18-9/h2-7,19H,8H2,1H3. The zero-order valence-electron chi connectivity index (χ0n) is 11.4. The average molecular weight is 276 g/mol. The summed E-state index contributed by atoms with van der Waals surface area (Å²) in [5.74, 6) is 1.60. The normalized spacial score (nSPS) is 13.6. The van der Waals surface area contributed by atoms with Gasteiger partial charge in [-0.2, -0.15) is 0 Å². The number of fused-ring (bicyclic) bond motifs is 6. The Morgan fingerprint density at radius 1 is 1.05 bits per heavy atom. The molecule has 1 aliphatic heterocycles. The molecule has 0 spiro atoms. The van der Waals surface area contributed by atoms with Gasteiger partial charge in [0.2, 0.25) is 6.79 Å². The lowest BCUT2D eigenvalue weighted by molar-refractivity contribution is 0.174. The molecule has 2 aromatic heterocycles. The van der Waals surface area contributed by atoms with Crippen molar-refractivity contribution < 1.29 is 9.47 Å². The molecule has 0 fully saturated rings. The molecule has 3 heterocycles. The minimum absolute atomic E-state index is 0.292. The zero-order valence-corrected chi connectivity index (χ0v) is 11.4. The van der Waals surface area contributed by atoms with Gasteiger partial charge in [-0.1, -0.05) is 18.2 Å². The molecule has 102 valence electrons. The molecule has 4 nitrogen and oxygen atoms in total. The Morgan fingerprint density at radius 2 is 1.86 bits per heavy atom. The number of rotatable bonds is 0. The highest BCUT2D eigenvalue weighted by Gasteiger charge is 2.18. The van der Waals surface area contributed by atoms with E-state index < -0.39 is 0 Å². The fourth-order valence-electron chi connectivity index (χ4n) is 3.18. The molecule has 0 radical (unpaired) electrons. The summed E-state index contributed by atoms with van der Waals surface area (Å²) in [6.45, 7) is 2.34. The third kappa shape index (κ3) is 1.36. The number of benzene rings is 2. The van der Waals surface area contributed by atoms with E-state index in [1.54, 1.807) is 0 Å². The molecule has 1 aliphatic rings. The number of nitrogens with one attached hydrogen (secondary N) is 1. The molecule has 0 unspecified atom stereocenters. The van der Waals surface area contributed by atoms with E-state index >= 15 is 0 Å². The van der Waals surface area contributed by atoms with Crippen molar-refractivity contribution in [3.8, 4) is 11.5 Å². The largest absolute Gasteiger partial charge is 0.454 e. The number of aromatic nitrogens is 2. The molecule has 5 rings (SSSR count). The van der Waals surface area contributed by atoms with Crippen molar-refractivity contribution in [1.29, 1.82) is 0 Å². The molecule has 0 atom stereocenters. The summed E-state index contributed by atoms with van der Waals surface area (Å²) in [4.78, 5) is 8.24. The third-order valence-electron chi connectivity index (χ3n) is 4.12. The fourth-order valence-corrected chi connectivity index (χ4v) is 3.18. The number of H-pyrrole nitrogens is 1. The first-order chi connectivity index (χ1) is 10.3. The van der Waals surface area contributed by atoms with E-state index in [9.17, 15) is 0 Å². The van der Waals surface area contributed by atoms with Crippen LogP contribution in [0.15, 0.2) is 36.4 Å². The van der Waals surface area contributed by atoms with Crippen LogP contribution in [-0.2, 0) is 0 Å². The van der Waals surface area contributed by atoms with Crippen molar-refractivity contribution in [3.63, 3.8) is 0 Å². The maximum absolute atomic E-state index is 5.50. The smallest absolute Gasteiger partial charge is 0.231 e. The van der Waals surface area contributed by atoms with Crippen LogP contribution in [0.3, 0.4) is 0 Å². The fraction of sp³-hybridized carbons (Fsp3) is 0.118. The molecular weight excluding hydrogens is 264 g/mol. The lowest BCUT2D eigenvalue weighted by Gasteiger charge is -2.02. The van der Waals surface area contributed by atoms with Crippen LogP contribution in [0.4, 0.5) is 0 Å². The van der Waals surface area contributed by atoms with E-state index in [0.29, 0.717) is 6.79 Å². The number of hydrogen-bond donors (Lipinski definition) is 1. The Labute approximate surface area is 120 Å².